The van der Waals surface area contributed by atoms with Gasteiger partial charge in [0.2, 0.25) is 0 Å². The maximum Gasteiger partial charge on any atom is 0.321 e. The zero-order valence-electron chi connectivity index (χ0n) is 9.96. The topological polar surface area (TPSA) is 81.0 Å². The summed E-state index contributed by atoms with van der Waals surface area (Å²) in [4.78, 5) is 13.0. The first-order chi connectivity index (χ1) is 8.09. The summed E-state index contributed by atoms with van der Waals surface area (Å²) in [5.41, 5.74) is 0. The summed E-state index contributed by atoms with van der Waals surface area (Å²) < 4.78 is 0. The monoisotopic (exact) mass is 243 g/mol. The van der Waals surface area contributed by atoms with Crippen molar-refractivity contribution >= 4 is 5.97 Å². The normalized spacial score (nSPS) is 40.1. The van der Waals surface area contributed by atoms with E-state index in [0.29, 0.717) is 6.54 Å². The molecule has 98 valence electrons. The number of carboxylic acids is 1. The highest BCUT2D eigenvalue weighted by molar-refractivity contribution is 5.74. The molecule has 3 N–H and O–H groups in total. The van der Waals surface area contributed by atoms with Gasteiger partial charge in [-0.2, -0.15) is 0 Å². The van der Waals surface area contributed by atoms with Gasteiger partial charge in [0.05, 0.1) is 12.2 Å². The smallest absolute Gasteiger partial charge is 0.321 e. The second-order valence-electron chi connectivity index (χ2n) is 5.21. The number of likely N-dealkylation sites (tertiary alicyclic amines) is 1. The predicted octanol–water partition coefficient (Wildman–Crippen LogP) is 0.200. The Morgan fingerprint density at radius 1 is 1.12 bits per heavy atom. The third-order valence-corrected chi connectivity index (χ3v) is 3.97. The van der Waals surface area contributed by atoms with E-state index in [1.807, 2.05) is 0 Å². The lowest BCUT2D eigenvalue weighted by Crippen LogP contribution is -2.48. The molecule has 2 rings (SSSR count). The van der Waals surface area contributed by atoms with Crippen LogP contribution in [-0.4, -0.2) is 57.0 Å². The van der Waals surface area contributed by atoms with Gasteiger partial charge in [0.15, 0.2) is 0 Å². The standard InChI is InChI=1S/C12H21NO4/c14-8-6-10(12(16)17)13(7-8)9-4-2-1-3-5-11(9)15/h8-11,14-15H,1-7H2,(H,16,17). The number of aliphatic hydroxyl groups excluding tert-OH is 2. The van der Waals surface area contributed by atoms with Crippen molar-refractivity contribution in [1.82, 2.24) is 4.90 Å². The second-order valence-corrected chi connectivity index (χ2v) is 5.21. The molecule has 17 heavy (non-hydrogen) atoms. The molecule has 4 atom stereocenters. The van der Waals surface area contributed by atoms with E-state index in [9.17, 15) is 15.0 Å². The fourth-order valence-corrected chi connectivity index (χ4v) is 3.10. The lowest BCUT2D eigenvalue weighted by atomic mass is 10.0. The fourth-order valence-electron chi connectivity index (χ4n) is 3.10. The molecule has 1 heterocycles. The number of aliphatic hydroxyl groups is 2. The van der Waals surface area contributed by atoms with E-state index in [1.165, 1.54) is 0 Å². The Morgan fingerprint density at radius 2 is 1.82 bits per heavy atom. The Labute approximate surface area is 101 Å². The average molecular weight is 243 g/mol. The van der Waals surface area contributed by atoms with Gasteiger partial charge in [-0.3, -0.25) is 9.69 Å². The van der Waals surface area contributed by atoms with Crippen LogP contribution in [0.5, 0.6) is 0 Å². The molecule has 0 aromatic heterocycles. The maximum absolute atomic E-state index is 11.2. The van der Waals surface area contributed by atoms with Crippen molar-refractivity contribution in [2.75, 3.05) is 6.54 Å². The Morgan fingerprint density at radius 3 is 2.53 bits per heavy atom. The summed E-state index contributed by atoms with van der Waals surface area (Å²) in [7, 11) is 0. The molecule has 0 radical (unpaired) electrons. The lowest BCUT2D eigenvalue weighted by molar-refractivity contribution is -0.143. The van der Waals surface area contributed by atoms with E-state index in [0.717, 1.165) is 32.1 Å². The van der Waals surface area contributed by atoms with E-state index in [4.69, 9.17) is 5.11 Å². The van der Waals surface area contributed by atoms with Crippen LogP contribution < -0.4 is 0 Å². The highest BCUT2D eigenvalue weighted by Gasteiger charge is 2.42. The highest BCUT2D eigenvalue weighted by atomic mass is 16.4. The van der Waals surface area contributed by atoms with E-state index >= 15 is 0 Å². The Bertz CT molecular complexity index is 284. The number of carboxylic acid groups (broad SMARTS) is 1. The number of nitrogens with zero attached hydrogens (tertiary/aromatic N) is 1. The highest BCUT2D eigenvalue weighted by Crippen LogP contribution is 2.29. The second kappa shape index (κ2) is 5.33. The molecule has 4 unspecified atom stereocenters. The van der Waals surface area contributed by atoms with Gasteiger partial charge in [-0.1, -0.05) is 19.3 Å². The minimum Gasteiger partial charge on any atom is -0.480 e. The Kier molecular flexibility index (Phi) is 4.01. The molecule has 5 nitrogen and oxygen atoms in total. The molecule has 0 aromatic rings. The lowest BCUT2D eigenvalue weighted by Gasteiger charge is -2.33. The van der Waals surface area contributed by atoms with Crippen LogP contribution in [0.15, 0.2) is 0 Å². The molecule has 0 aromatic carbocycles. The minimum absolute atomic E-state index is 0.101. The van der Waals surface area contributed by atoms with Crippen LogP contribution in [-0.2, 0) is 4.79 Å². The van der Waals surface area contributed by atoms with Crippen LogP contribution in [0.2, 0.25) is 0 Å². The number of β-amino-alcohol motifs (C(OH)–C–C–N with tert-alkyl or cyclic N) is 1. The van der Waals surface area contributed by atoms with E-state index in [1.54, 1.807) is 4.90 Å². The van der Waals surface area contributed by atoms with Crippen molar-refractivity contribution < 1.29 is 20.1 Å². The molecule has 1 aliphatic carbocycles. The largest absolute Gasteiger partial charge is 0.480 e. The number of aliphatic carboxylic acids is 1. The van der Waals surface area contributed by atoms with Gasteiger partial charge in [-0.25, -0.2) is 0 Å². The first kappa shape index (κ1) is 12.8. The Hall–Kier alpha value is -0.650. The van der Waals surface area contributed by atoms with Crippen molar-refractivity contribution in [3.8, 4) is 0 Å². The third-order valence-electron chi connectivity index (χ3n) is 3.97. The summed E-state index contributed by atoms with van der Waals surface area (Å²) >= 11 is 0. The van der Waals surface area contributed by atoms with Crippen LogP contribution >= 0.6 is 0 Å². The van der Waals surface area contributed by atoms with Crippen LogP contribution in [0.25, 0.3) is 0 Å². The van der Waals surface area contributed by atoms with Crippen LogP contribution in [0.1, 0.15) is 38.5 Å². The zero-order chi connectivity index (χ0) is 12.4. The zero-order valence-corrected chi connectivity index (χ0v) is 9.96. The van der Waals surface area contributed by atoms with Gasteiger partial charge >= 0.3 is 5.97 Å². The summed E-state index contributed by atoms with van der Waals surface area (Å²) in [6, 6.07) is -0.738. The van der Waals surface area contributed by atoms with Gasteiger partial charge in [0.25, 0.3) is 0 Å². The summed E-state index contributed by atoms with van der Waals surface area (Å²) in [6.07, 6.45) is 3.95. The molecule has 0 amide bonds. The van der Waals surface area contributed by atoms with Gasteiger partial charge in [-0.05, 0) is 12.8 Å². The first-order valence-corrected chi connectivity index (χ1v) is 6.44. The predicted molar refractivity (Wildman–Crippen MR) is 61.6 cm³/mol. The summed E-state index contributed by atoms with van der Waals surface area (Å²) in [6.45, 7) is 0.374. The average Bonchev–Trinajstić information content (AvgIpc) is 2.52. The summed E-state index contributed by atoms with van der Waals surface area (Å²) in [5.74, 6) is -0.891. The fraction of sp³-hybridized carbons (Fsp3) is 0.917. The van der Waals surface area contributed by atoms with Crippen molar-refractivity contribution in [3.63, 3.8) is 0 Å². The maximum atomic E-state index is 11.2. The van der Waals surface area contributed by atoms with Gasteiger partial charge in [0.1, 0.15) is 6.04 Å². The van der Waals surface area contributed by atoms with Crippen molar-refractivity contribution in [3.05, 3.63) is 0 Å². The van der Waals surface area contributed by atoms with Crippen molar-refractivity contribution in [2.45, 2.75) is 62.8 Å². The number of carbonyl (C=O) groups is 1. The minimum atomic E-state index is -0.891. The molecular weight excluding hydrogens is 222 g/mol. The van der Waals surface area contributed by atoms with Crippen molar-refractivity contribution in [2.24, 2.45) is 0 Å². The molecule has 1 aliphatic heterocycles. The van der Waals surface area contributed by atoms with E-state index in [2.05, 4.69) is 0 Å². The molecule has 1 saturated heterocycles. The summed E-state index contributed by atoms with van der Waals surface area (Å²) in [5, 5.41) is 28.9. The van der Waals surface area contributed by atoms with Gasteiger partial charge < -0.3 is 15.3 Å². The number of hydrogen-bond acceptors (Lipinski definition) is 4. The number of rotatable bonds is 2. The quantitative estimate of drug-likeness (QED) is 0.604. The van der Waals surface area contributed by atoms with Gasteiger partial charge in [0, 0.05) is 19.0 Å². The van der Waals surface area contributed by atoms with Crippen LogP contribution in [0.4, 0.5) is 0 Å². The first-order valence-electron chi connectivity index (χ1n) is 6.44. The third kappa shape index (κ3) is 2.78. The van der Waals surface area contributed by atoms with Gasteiger partial charge in [-0.15, -0.1) is 0 Å². The van der Waals surface area contributed by atoms with Crippen LogP contribution in [0, 0.1) is 0 Å². The SMILES string of the molecule is O=C(O)C1CC(O)CN1C1CCCCCC1O. The van der Waals surface area contributed by atoms with Crippen LogP contribution in [0.3, 0.4) is 0 Å². The Balaban J connectivity index is 2.10. The van der Waals surface area contributed by atoms with E-state index in [-0.39, 0.29) is 12.5 Å². The molecular formula is C12H21NO4. The number of hydrogen-bond donors (Lipinski definition) is 3. The molecule has 5 heteroatoms. The molecule has 2 aliphatic rings. The molecule has 2 fully saturated rings. The van der Waals surface area contributed by atoms with Crippen molar-refractivity contribution in [1.29, 1.82) is 0 Å². The molecule has 1 saturated carbocycles. The van der Waals surface area contributed by atoms with E-state index < -0.39 is 24.2 Å². The molecule has 0 spiro atoms. The molecule has 0 bridgehead atoms.